The number of halogens is 1. The molecular formula is C19H22FN3O. The number of nitrogens with zero attached hydrogens (tertiary/aromatic N) is 3. The second-order valence-electron chi connectivity index (χ2n) is 6.44. The molecule has 0 N–H and O–H groups in total. The lowest BCUT2D eigenvalue weighted by atomic mass is 9.90. The fourth-order valence-corrected chi connectivity index (χ4v) is 3.17. The van der Waals surface area contributed by atoms with Crippen LogP contribution in [0.2, 0.25) is 0 Å². The normalized spacial score (nSPS) is 17.6. The summed E-state index contributed by atoms with van der Waals surface area (Å²) in [5.74, 6) is 0.735. The number of hydrogen-bond acceptors (Lipinski definition) is 3. The van der Waals surface area contributed by atoms with Gasteiger partial charge in [-0.2, -0.15) is 0 Å². The molecule has 1 atom stereocenters. The lowest BCUT2D eigenvalue weighted by Gasteiger charge is -2.33. The Morgan fingerprint density at radius 2 is 2.12 bits per heavy atom. The fraction of sp³-hybridized carbons (Fsp3) is 0.368. The van der Waals surface area contributed by atoms with Gasteiger partial charge in [-0.1, -0.05) is 6.07 Å². The first kappa shape index (κ1) is 16.4. The van der Waals surface area contributed by atoms with Crippen molar-refractivity contribution in [3.8, 4) is 0 Å². The average molecular weight is 327 g/mol. The summed E-state index contributed by atoms with van der Waals surface area (Å²) in [5.41, 5.74) is 1.62. The Balaban J connectivity index is 1.77. The van der Waals surface area contributed by atoms with Crippen molar-refractivity contribution in [2.45, 2.75) is 18.8 Å². The van der Waals surface area contributed by atoms with Gasteiger partial charge in [0.25, 0.3) is 5.91 Å². The molecule has 5 heteroatoms. The zero-order valence-corrected chi connectivity index (χ0v) is 14.1. The first-order valence-corrected chi connectivity index (χ1v) is 8.22. The van der Waals surface area contributed by atoms with E-state index in [9.17, 15) is 9.18 Å². The van der Waals surface area contributed by atoms with Gasteiger partial charge in [-0.15, -0.1) is 0 Å². The van der Waals surface area contributed by atoms with E-state index in [-0.39, 0.29) is 17.6 Å². The number of hydrogen-bond donors (Lipinski definition) is 0. The van der Waals surface area contributed by atoms with Gasteiger partial charge in [-0.25, -0.2) is 9.37 Å². The van der Waals surface area contributed by atoms with Crippen LogP contribution >= 0.6 is 0 Å². The maximum atomic E-state index is 13.4. The number of aromatic nitrogens is 1. The minimum Gasteiger partial charge on any atom is -0.363 e. The summed E-state index contributed by atoms with van der Waals surface area (Å²) in [4.78, 5) is 20.8. The van der Waals surface area contributed by atoms with Gasteiger partial charge in [0.05, 0.1) is 0 Å². The van der Waals surface area contributed by atoms with E-state index >= 15 is 0 Å². The predicted molar refractivity (Wildman–Crippen MR) is 92.8 cm³/mol. The zero-order valence-electron chi connectivity index (χ0n) is 14.1. The fourth-order valence-electron chi connectivity index (χ4n) is 3.17. The molecule has 1 unspecified atom stereocenters. The highest BCUT2D eigenvalue weighted by Crippen LogP contribution is 2.29. The zero-order chi connectivity index (χ0) is 17.1. The maximum Gasteiger partial charge on any atom is 0.253 e. The third kappa shape index (κ3) is 3.55. The number of amides is 1. The van der Waals surface area contributed by atoms with Crippen molar-refractivity contribution >= 4 is 11.7 Å². The van der Waals surface area contributed by atoms with E-state index in [1.165, 1.54) is 17.7 Å². The first-order valence-electron chi connectivity index (χ1n) is 8.22. The molecule has 24 heavy (non-hydrogen) atoms. The highest BCUT2D eigenvalue weighted by molar-refractivity contribution is 5.94. The summed E-state index contributed by atoms with van der Waals surface area (Å²) < 4.78 is 13.4. The van der Waals surface area contributed by atoms with Gasteiger partial charge in [0.1, 0.15) is 11.6 Å². The van der Waals surface area contributed by atoms with Gasteiger partial charge in [-0.05, 0) is 48.7 Å². The number of benzene rings is 1. The summed E-state index contributed by atoms with van der Waals surface area (Å²) in [6.45, 7) is 1.38. The lowest BCUT2D eigenvalue weighted by Crippen LogP contribution is -2.39. The van der Waals surface area contributed by atoms with E-state index in [0.717, 1.165) is 25.2 Å². The van der Waals surface area contributed by atoms with E-state index in [4.69, 9.17) is 0 Å². The molecule has 0 spiro atoms. The molecule has 0 radical (unpaired) electrons. The van der Waals surface area contributed by atoms with E-state index in [1.807, 2.05) is 36.2 Å². The van der Waals surface area contributed by atoms with Crippen LogP contribution in [0.1, 0.15) is 34.7 Å². The molecule has 1 amide bonds. The summed E-state index contributed by atoms with van der Waals surface area (Å²) in [5, 5.41) is 0. The third-order valence-corrected chi connectivity index (χ3v) is 4.48. The van der Waals surface area contributed by atoms with Crippen LogP contribution in [0.3, 0.4) is 0 Å². The number of anilines is 1. The van der Waals surface area contributed by atoms with Crippen molar-refractivity contribution in [2.24, 2.45) is 0 Å². The smallest absolute Gasteiger partial charge is 0.253 e. The number of likely N-dealkylation sites (tertiary alicyclic amines) is 1. The van der Waals surface area contributed by atoms with Crippen molar-refractivity contribution in [3.05, 3.63) is 59.5 Å². The Bertz CT molecular complexity index is 732. The third-order valence-electron chi connectivity index (χ3n) is 4.48. The minimum absolute atomic E-state index is 0.0962. The number of rotatable bonds is 3. The van der Waals surface area contributed by atoms with Gasteiger partial charge in [-0.3, -0.25) is 4.79 Å². The van der Waals surface area contributed by atoms with Crippen LogP contribution in [0.25, 0.3) is 0 Å². The van der Waals surface area contributed by atoms with Crippen LogP contribution in [0.15, 0.2) is 42.6 Å². The molecule has 1 aromatic carbocycles. The van der Waals surface area contributed by atoms with Crippen LogP contribution < -0.4 is 4.90 Å². The molecule has 0 bridgehead atoms. The van der Waals surface area contributed by atoms with Crippen molar-refractivity contribution < 1.29 is 9.18 Å². The summed E-state index contributed by atoms with van der Waals surface area (Å²) >= 11 is 0. The van der Waals surface area contributed by atoms with Crippen molar-refractivity contribution in [1.29, 1.82) is 0 Å². The number of carbonyl (C=O) groups is 1. The second-order valence-corrected chi connectivity index (χ2v) is 6.44. The summed E-state index contributed by atoms with van der Waals surface area (Å²) in [7, 11) is 3.93. The molecule has 4 nitrogen and oxygen atoms in total. The molecule has 1 saturated heterocycles. The average Bonchev–Trinajstić information content (AvgIpc) is 2.61. The first-order chi connectivity index (χ1) is 11.5. The summed E-state index contributed by atoms with van der Waals surface area (Å²) in [6, 6.07) is 10.0. The topological polar surface area (TPSA) is 36.4 Å². The van der Waals surface area contributed by atoms with Gasteiger partial charge >= 0.3 is 0 Å². The van der Waals surface area contributed by atoms with Crippen molar-refractivity contribution in [1.82, 2.24) is 9.88 Å². The second kappa shape index (κ2) is 6.99. The SMILES string of the molecule is CN(C)c1cc(C2CCCN(C(=O)c3cccc(F)c3)C2)ccn1. The molecule has 2 heterocycles. The van der Waals surface area contributed by atoms with Crippen LogP contribution in [0.4, 0.5) is 10.2 Å². The van der Waals surface area contributed by atoms with Crippen LogP contribution in [-0.4, -0.2) is 43.0 Å². The standard InChI is InChI=1S/C19H22FN3O/c1-22(2)18-12-14(8-9-21-18)16-6-4-10-23(13-16)19(24)15-5-3-7-17(20)11-15/h3,5,7-9,11-12,16H,4,6,10,13H2,1-2H3. The number of carbonyl (C=O) groups excluding carboxylic acids is 1. The largest absolute Gasteiger partial charge is 0.363 e. The lowest BCUT2D eigenvalue weighted by molar-refractivity contribution is 0.0706. The number of pyridine rings is 1. The molecule has 126 valence electrons. The highest BCUT2D eigenvalue weighted by atomic mass is 19.1. The molecule has 3 rings (SSSR count). The molecule has 0 aliphatic carbocycles. The van der Waals surface area contributed by atoms with Crippen LogP contribution in [0, 0.1) is 5.82 Å². The van der Waals surface area contributed by atoms with E-state index < -0.39 is 0 Å². The molecule has 2 aromatic rings. The predicted octanol–water partition coefficient (Wildman–Crippen LogP) is 3.31. The Labute approximate surface area is 141 Å². The monoisotopic (exact) mass is 327 g/mol. The van der Waals surface area contributed by atoms with Gasteiger partial charge in [0.15, 0.2) is 0 Å². The van der Waals surface area contributed by atoms with Crippen LogP contribution in [0.5, 0.6) is 0 Å². The Kier molecular flexibility index (Phi) is 4.79. The molecule has 1 aliphatic rings. The Hall–Kier alpha value is -2.43. The van der Waals surface area contributed by atoms with Crippen LogP contribution in [-0.2, 0) is 0 Å². The van der Waals surface area contributed by atoms with Gasteiger partial charge in [0.2, 0.25) is 0 Å². The van der Waals surface area contributed by atoms with E-state index in [1.54, 1.807) is 12.1 Å². The molecule has 1 fully saturated rings. The van der Waals surface area contributed by atoms with Gasteiger partial charge < -0.3 is 9.80 Å². The highest BCUT2D eigenvalue weighted by Gasteiger charge is 2.26. The Morgan fingerprint density at radius 3 is 2.88 bits per heavy atom. The molecule has 1 aromatic heterocycles. The van der Waals surface area contributed by atoms with Crippen molar-refractivity contribution in [3.63, 3.8) is 0 Å². The van der Waals surface area contributed by atoms with Crippen molar-refractivity contribution in [2.75, 3.05) is 32.1 Å². The van der Waals surface area contributed by atoms with E-state index in [2.05, 4.69) is 11.1 Å². The molecule has 0 saturated carbocycles. The quantitative estimate of drug-likeness (QED) is 0.868. The minimum atomic E-state index is -0.376. The molecular weight excluding hydrogens is 305 g/mol. The summed E-state index contributed by atoms with van der Waals surface area (Å²) in [6.07, 6.45) is 3.81. The number of piperidine rings is 1. The van der Waals surface area contributed by atoms with E-state index in [0.29, 0.717) is 12.1 Å². The maximum absolute atomic E-state index is 13.4. The Morgan fingerprint density at radius 1 is 1.29 bits per heavy atom. The van der Waals surface area contributed by atoms with Gasteiger partial charge in [0, 0.05) is 44.9 Å². The molecule has 1 aliphatic heterocycles.